The van der Waals surface area contributed by atoms with Crippen molar-refractivity contribution in [2.45, 2.75) is 20.8 Å². The van der Waals surface area contributed by atoms with E-state index in [1.165, 1.54) is 11.8 Å². The SMILES string of the molecule is CCOC(=O)C(C(=O)OCC)=C1NC=C(C)S1. The highest BCUT2D eigenvalue weighted by Crippen LogP contribution is 2.31. The molecule has 0 radical (unpaired) electrons. The Hall–Kier alpha value is -1.43. The molecule has 0 saturated carbocycles. The second-order valence-corrected chi connectivity index (χ2v) is 4.40. The van der Waals surface area contributed by atoms with Crippen molar-refractivity contribution in [1.29, 1.82) is 0 Å². The summed E-state index contributed by atoms with van der Waals surface area (Å²) in [4.78, 5) is 24.4. The van der Waals surface area contributed by atoms with Crippen LogP contribution in [0.3, 0.4) is 0 Å². The Morgan fingerprint density at radius 1 is 1.24 bits per heavy atom. The molecule has 5 nitrogen and oxygen atoms in total. The van der Waals surface area contributed by atoms with Gasteiger partial charge < -0.3 is 14.8 Å². The fourth-order valence-corrected chi connectivity index (χ4v) is 2.01. The second-order valence-electron chi connectivity index (χ2n) is 3.15. The molecule has 94 valence electrons. The molecule has 1 rings (SSSR count). The van der Waals surface area contributed by atoms with Crippen LogP contribution < -0.4 is 5.32 Å². The number of nitrogens with one attached hydrogen (secondary N) is 1. The normalized spacial score (nSPS) is 13.8. The van der Waals surface area contributed by atoms with Crippen molar-refractivity contribution in [3.05, 3.63) is 21.7 Å². The smallest absolute Gasteiger partial charge is 0.348 e. The number of thioether (sulfide) groups is 1. The lowest BCUT2D eigenvalue weighted by Crippen LogP contribution is -2.22. The Morgan fingerprint density at radius 3 is 2.12 bits per heavy atom. The van der Waals surface area contributed by atoms with E-state index in [9.17, 15) is 9.59 Å². The summed E-state index contributed by atoms with van der Waals surface area (Å²) in [5, 5.41) is 3.32. The van der Waals surface area contributed by atoms with Gasteiger partial charge in [0.1, 0.15) is 0 Å². The van der Waals surface area contributed by atoms with Gasteiger partial charge in [-0.05, 0) is 20.8 Å². The van der Waals surface area contributed by atoms with Crippen molar-refractivity contribution in [2.24, 2.45) is 0 Å². The molecule has 0 unspecified atom stereocenters. The summed E-state index contributed by atoms with van der Waals surface area (Å²) in [6, 6.07) is 0. The van der Waals surface area contributed by atoms with Gasteiger partial charge in [-0.15, -0.1) is 0 Å². The number of hydrogen-bond acceptors (Lipinski definition) is 6. The molecule has 0 fully saturated rings. The van der Waals surface area contributed by atoms with Crippen LogP contribution >= 0.6 is 11.8 Å². The molecule has 0 aromatic rings. The highest BCUT2D eigenvalue weighted by atomic mass is 32.2. The van der Waals surface area contributed by atoms with E-state index in [1.54, 1.807) is 20.0 Å². The Balaban J connectivity index is 2.95. The second kappa shape index (κ2) is 6.34. The lowest BCUT2D eigenvalue weighted by atomic mass is 10.3. The van der Waals surface area contributed by atoms with Gasteiger partial charge in [0.2, 0.25) is 0 Å². The number of ether oxygens (including phenoxy) is 2. The highest BCUT2D eigenvalue weighted by Gasteiger charge is 2.28. The molecule has 0 aromatic heterocycles. The van der Waals surface area contributed by atoms with Crippen LogP contribution in [-0.4, -0.2) is 25.2 Å². The molecular weight excluding hydrogens is 242 g/mol. The summed E-state index contributed by atoms with van der Waals surface area (Å²) < 4.78 is 9.69. The zero-order chi connectivity index (χ0) is 12.8. The fraction of sp³-hybridized carbons (Fsp3) is 0.455. The minimum atomic E-state index is -0.663. The molecule has 0 saturated heterocycles. The molecule has 0 bridgehead atoms. The van der Waals surface area contributed by atoms with Gasteiger partial charge >= 0.3 is 11.9 Å². The summed E-state index contributed by atoms with van der Waals surface area (Å²) >= 11 is 1.31. The number of carbonyl (C=O) groups excluding carboxylic acids is 2. The van der Waals surface area contributed by atoms with Gasteiger partial charge in [-0.25, -0.2) is 9.59 Å². The quantitative estimate of drug-likeness (QED) is 0.356. The molecule has 6 heteroatoms. The molecule has 0 amide bonds. The predicted molar refractivity (Wildman–Crippen MR) is 64.8 cm³/mol. The lowest BCUT2D eigenvalue weighted by molar-refractivity contribution is -0.146. The van der Waals surface area contributed by atoms with Gasteiger partial charge in [0.15, 0.2) is 5.57 Å². The molecule has 0 aromatic carbocycles. The standard InChI is InChI=1S/C11H15NO4S/c1-4-15-10(13)8(11(14)16-5-2)9-12-6-7(3)17-9/h6,12H,4-5H2,1-3H3. The van der Waals surface area contributed by atoms with Gasteiger partial charge in [0.25, 0.3) is 0 Å². The summed E-state index contributed by atoms with van der Waals surface area (Å²) in [7, 11) is 0. The van der Waals surface area contributed by atoms with E-state index in [2.05, 4.69) is 5.32 Å². The largest absolute Gasteiger partial charge is 0.462 e. The fourth-order valence-electron chi connectivity index (χ4n) is 1.19. The van der Waals surface area contributed by atoms with Crippen molar-refractivity contribution in [3.63, 3.8) is 0 Å². The van der Waals surface area contributed by atoms with Gasteiger partial charge in [0, 0.05) is 11.1 Å². The first-order chi connectivity index (χ1) is 8.10. The van der Waals surface area contributed by atoms with Gasteiger partial charge in [-0.3, -0.25) is 0 Å². The Kier molecular flexibility index (Phi) is 5.09. The topological polar surface area (TPSA) is 64.6 Å². The average molecular weight is 257 g/mol. The van der Waals surface area contributed by atoms with Crippen molar-refractivity contribution >= 4 is 23.7 Å². The minimum absolute atomic E-state index is 0.0770. The van der Waals surface area contributed by atoms with E-state index in [1.807, 2.05) is 6.92 Å². The lowest BCUT2D eigenvalue weighted by Gasteiger charge is -2.09. The molecule has 17 heavy (non-hydrogen) atoms. The van der Waals surface area contributed by atoms with Crippen molar-refractivity contribution in [2.75, 3.05) is 13.2 Å². The maximum atomic E-state index is 11.7. The molecule has 0 aliphatic carbocycles. The third-order valence-electron chi connectivity index (χ3n) is 1.86. The molecule has 1 N–H and O–H groups in total. The number of hydrogen-bond donors (Lipinski definition) is 1. The van der Waals surface area contributed by atoms with E-state index in [0.29, 0.717) is 5.03 Å². The molecule has 1 aliphatic rings. The number of allylic oxidation sites excluding steroid dienone is 1. The summed E-state index contributed by atoms with van der Waals surface area (Å²) in [5.41, 5.74) is -0.0770. The summed E-state index contributed by atoms with van der Waals surface area (Å²) in [5.74, 6) is -1.33. The van der Waals surface area contributed by atoms with E-state index in [4.69, 9.17) is 9.47 Å². The van der Waals surface area contributed by atoms with Gasteiger partial charge in [-0.2, -0.15) is 0 Å². The molecule has 1 heterocycles. The number of carbonyl (C=O) groups is 2. The zero-order valence-corrected chi connectivity index (χ0v) is 10.8. The van der Waals surface area contributed by atoms with Crippen LogP contribution in [0.2, 0.25) is 0 Å². The van der Waals surface area contributed by atoms with Crippen LogP contribution in [0.4, 0.5) is 0 Å². The third kappa shape index (κ3) is 3.52. The summed E-state index contributed by atoms with van der Waals surface area (Å²) in [6.45, 7) is 5.67. The van der Waals surface area contributed by atoms with Crippen LogP contribution in [-0.2, 0) is 19.1 Å². The molecule has 0 atom stereocenters. The third-order valence-corrected chi connectivity index (χ3v) is 2.82. The Labute approximate surface area is 104 Å². The first-order valence-corrected chi connectivity index (χ1v) is 6.11. The van der Waals surface area contributed by atoms with Crippen molar-refractivity contribution in [1.82, 2.24) is 5.32 Å². The summed E-state index contributed by atoms with van der Waals surface area (Å²) in [6.07, 6.45) is 1.72. The van der Waals surface area contributed by atoms with Crippen LogP contribution in [0.1, 0.15) is 20.8 Å². The maximum Gasteiger partial charge on any atom is 0.348 e. The van der Waals surface area contributed by atoms with Crippen LogP contribution in [0.25, 0.3) is 0 Å². The van der Waals surface area contributed by atoms with Crippen molar-refractivity contribution in [3.8, 4) is 0 Å². The first kappa shape index (κ1) is 13.6. The van der Waals surface area contributed by atoms with Crippen LogP contribution in [0, 0.1) is 0 Å². The zero-order valence-electron chi connectivity index (χ0n) is 10.0. The molecule has 0 spiro atoms. The molecule has 1 aliphatic heterocycles. The predicted octanol–water partition coefficient (Wildman–Crippen LogP) is 1.52. The van der Waals surface area contributed by atoms with E-state index >= 15 is 0 Å². The molecular formula is C11H15NO4S. The van der Waals surface area contributed by atoms with E-state index < -0.39 is 11.9 Å². The van der Waals surface area contributed by atoms with Gasteiger partial charge in [0.05, 0.1) is 18.2 Å². The first-order valence-electron chi connectivity index (χ1n) is 5.29. The highest BCUT2D eigenvalue weighted by molar-refractivity contribution is 8.07. The maximum absolute atomic E-state index is 11.7. The van der Waals surface area contributed by atoms with Gasteiger partial charge in [-0.1, -0.05) is 11.8 Å². The van der Waals surface area contributed by atoms with Crippen LogP contribution in [0.5, 0.6) is 0 Å². The Morgan fingerprint density at radius 2 is 1.76 bits per heavy atom. The monoisotopic (exact) mass is 257 g/mol. The van der Waals surface area contributed by atoms with Crippen LogP contribution in [0.15, 0.2) is 21.7 Å². The van der Waals surface area contributed by atoms with E-state index in [-0.39, 0.29) is 18.8 Å². The minimum Gasteiger partial charge on any atom is -0.462 e. The number of esters is 2. The van der Waals surface area contributed by atoms with E-state index in [0.717, 1.165) is 4.91 Å². The average Bonchev–Trinajstić information content (AvgIpc) is 2.66. The Bertz CT molecular complexity index is 367. The van der Waals surface area contributed by atoms with Crippen molar-refractivity contribution < 1.29 is 19.1 Å². The number of rotatable bonds is 4.